The van der Waals surface area contributed by atoms with Gasteiger partial charge < -0.3 is 15.4 Å². The van der Waals surface area contributed by atoms with Gasteiger partial charge in [-0.25, -0.2) is 0 Å². The lowest BCUT2D eigenvalue weighted by atomic mass is 10.1. The second-order valence-electron chi connectivity index (χ2n) is 5.22. The highest BCUT2D eigenvalue weighted by molar-refractivity contribution is 6.08. The maximum Gasteiger partial charge on any atom is 0.257 e. The lowest BCUT2D eigenvalue weighted by Gasteiger charge is -2.12. The minimum absolute atomic E-state index is 0.178. The predicted molar refractivity (Wildman–Crippen MR) is 97.1 cm³/mol. The zero-order valence-corrected chi connectivity index (χ0v) is 13.3. The molecule has 0 heterocycles. The third kappa shape index (κ3) is 3.73. The summed E-state index contributed by atoms with van der Waals surface area (Å²) in [5.41, 5.74) is 2.95. The Hall–Kier alpha value is -3.27. The van der Waals surface area contributed by atoms with E-state index in [0.717, 1.165) is 11.4 Å². The summed E-state index contributed by atoms with van der Waals surface area (Å²) in [5.74, 6) is 0.519. The van der Waals surface area contributed by atoms with Crippen molar-refractivity contribution in [3.8, 4) is 5.75 Å². The van der Waals surface area contributed by atoms with E-state index in [4.69, 9.17) is 4.74 Å². The van der Waals surface area contributed by atoms with Crippen molar-refractivity contribution in [2.45, 2.75) is 0 Å². The van der Waals surface area contributed by atoms with Crippen LogP contribution in [-0.2, 0) is 0 Å². The molecule has 4 nitrogen and oxygen atoms in total. The normalized spacial score (nSPS) is 10.0. The van der Waals surface area contributed by atoms with Gasteiger partial charge in [0.05, 0.1) is 18.4 Å². The van der Waals surface area contributed by atoms with E-state index in [1.54, 1.807) is 19.2 Å². The van der Waals surface area contributed by atoms with Crippen molar-refractivity contribution in [2.75, 3.05) is 17.7 Å². The SMILES string of the molecule is COc1cccc(NC(=O)c2ccccc2Nc2ccccc2)c1. The van der Waals surface area contributed by atoms with Gasteiger partial charge in [-0.3, -0.25) is 4.79 Å². The monoisotopic (exact) mass is 318 g/mol. The fourth-order valence-electron chi connectivity index (χ4n) is 2.37. The van der Waals surface area contributed by atoms with E-state index < -0.39 is 0 Å². The van der Waals surface area contributed by atoms with Crippen molar-refractivity contribution >= 4 is 23.0 Å². The van der Waals surface area contributed by atoms with Crippen molar-refractivity contribution < 1.29 is 9.53 Å². The third-order valence-electron chi connectivity index (χ3n) is 3.55. The Morgan fingerprint density at radius 3 is 2.33 bits per heavy atom. The van der Waals surface area contributed by atoms with Crippen LogP contribution in [0.3, 0.4) is 0 Å². The molecule has 0 spiro atoms. The van der Waals surface area contributed by atoms with Crippen LogP contribution in [0, 0.1) is 0 Å². The van der Waals surface area contributed by atoms with Gasteiger partial charge >= 0.3 is 0 Å². The highest BCUT2D eigenvalue weighted by Crippen LogP contribution is 2.23. The number of carbonyl (C=O) groups is 1. The van der Waals surface area contributed by atoms with E-state index in [2.05, 4.69) is 10.6 Å². The van der Waals surface area contributed by atoms with Crippen molar-refractivity contribution in [3.63, 3.8) is 0 Å². The molecule has 0 atom stereocenters. The number of rotatable bonds is 5. The Labute approximate surface area is 141 Å². The lowest BCUT2D eigenvalue weighted by Crippen LogP contribution is -2.13. The Morgan fingerprint density at radius 2 is 1.54 bits per heavy atom. The first-order valence-electron chi connectivity index (χ1n) is 7.63. The van der Waals surface area contributed by atoms with Crippen LogP contribution in [-0.4, -0.2) is 13.0 Å². The summed E-state index contributed by atoms with van der Waals surface area (Å²) in [5, 5.41) is 6.18. The Balaban J connectivity index is 1.82. The second kappa shape index (κ2) is 7.33. The maximum absolute atomic E-state index is 12.6. The molecule has 0 bridgehead atoms. The van der Waals surface area contributed by atoms with Crippen LogP contribution in [0.5, 0.6) is 5.75 Å². The Bertz CT molecular complexity index is 832. The molecule has 3 aromatic carbocycles. The van der Waals surface area contributed by atoms with Crippen LogP contribution in [0.2, 0.25) is 0 Å². The smallest absolute Gasteiger partial charge is 0.257 e. The molecule has 1 amide bonds. The average molecular weight is 318 g/mol. The minimum Gasteiger partial charge on any atom is -0.497 e. The molecule has 120 valence electrons. The van der Waals surface area contributed by atoms with Crippen molar-refractivity contribution in [2.24, 2.45) is 0 Å². The van der Waals surface area contributed by atoms with Gasteiger partial charge in [-0.05, 0) is 36.4 Å². The van der Waals surface area contributed by atoms with Crippen molar-refractivity contribution in [1.29, 1.82) is 0 Å². The molecule has 0 aliphatic carbocycles. The molecule has 2 N–H and O–H groups in total. The summed E-state index contributed by atoms with van der Waals surface area (Å²) in [7, 11) is 1.60. The van der Waals surface area contributed by atoms with Gasteiger partial charge in [-0.1, -0.05) is 36.4 Å². The summed E-state index contributed by atoms with van der Waals surface area (Å²) in [4.78, 5) is 12.6. The molecule has 24 heavy (non-hydrogen) atoms. The number of carbonyl (C=O) groups excluding carboxylic acids is 1. The van der Waals surface area contributed by atoms with Crippen LogP contribution in [0.4, 0.5) is 17.1 Å². The molecule has 4 heteroatoms. The molecule has 0 saturated carbocycles. The topological polar surface area (TPSA) is 50.4 Å². The number of ether oxygens (including phenoxy) is 1. The number of anilines is 3. The van der Waals surface area contributed by atoms with E-state index >= 15 is 0 Å². The third-order valence-corrected chi connectivity index (χ3v) is 3.55. The zero-order chi connectivity index (χ0) is 16.8. The molecule has 3 aromatic rings. The largest absolute Gasteiger partial charge is 0.497 e. The molecule has 0 aromatic heterocycles. The number of hydrogen-bond acceptors (Lipinski definition) is 3. The van der Waals surface area contributed by atoms with E-state index in [0.29, 0.717) is 17.0 Å². The van der Waals surface area contributed by atoms with Crippen LogP contribution < -0.4 is 15.4 Å². The van der Waals surface area contributed by atoms with E-state index in [-0.39, 0.29) is 5.91 Å². The maximum atomic E-state index is 12.6. The number of benzene rings is 3. The Kier molecular flexibility index (Phi) is 4.77. The minimum atomic E-state index is -0.178. The van der Waals surface area contributed by atoms with E-state index in [1.165, 1.54) is 0 Å². The summed E-state index contributed by atoms with van der Waals surface area (Å²) in [6, 6.07) is 24.4. The van der Waals surface area contributed by atoms with Crippen LogP contribution in [0.25, 0.3) is 0 Å². The number of nitrogens with one attached hydrogen (secondary N) is 2. The summed E-state index contributed by atoms with van der Waals surface area (Å²) < 4.78 is 5.18. The van der Waals surface area contributed by atoms with E-state index in [9.17, 15) is 4.79 Å². The summed E-state index contributed by atoms with van der Waals surface area (Å²) in [6.45, 7) is 0. The van der Waals surface area contributed by atoms with Gasteiger partial charge in [0.25, 0.3) is 5.91 Å². The number of para-hydroxylation sites is 2. The second-order valence-corrected chi connectivity index (χ2v) is 5.22. The van der Waals surface area contributed by atoms with Gasteiger partial charge in [0.15, 0.2) is 0 Å². The van der Waals surface area contributed by atoms with Crippen LogP contribution in [0.1, 0.15) is 10.4 Å². The molecule has 3 rings (SSSR count). The predicted octanol–water partition coefficient (Wildman–Crippen LogP) is 4.69. The van der Waals surface area contributed by atoms with Crippen molar-refractivity contribution in [3.05, 3.63) is 84.4 Å². The fourth-order valence-corrected chi connectivity index (χ4v) is 2.37. The molecule has 0 unspecified atom stereocenters. The summed E-state index contributed by atoms with van der Waals surface area (Å²) >= 11 is 0. The van der Waals surface area contributed by atoms with Gasteiger partial charge in [0.1, 0.15) is 5.75 Å². The van der Waals surface area contributed by atoms with Crippen molar-refractivity contribution in [1.82, 2.24) is 0 Å². The lowest BCUT2D eigenvalue weighted by molar-refractivity contribution is 0.102. The quantitative estimate of drug-likeness (QED) is 0.717. The molecular formula is C20H18N2O2. The van der Waals surface area contributed by atoms with Crippen LogP contribution >= 0.6 is 0 Å². The van der Waals surface area contributed by atoms with Gasteiger partial charge in [-0.15, -0.1) is 0 Å². The Morgan fingerprint density at radius 1 is 0.833 bits per heavy atom. The first-order chi connectivity index (χ1) is 11.8. The fraction of sp³-hybridized carbons (Fsp3) is 0.0500. The zero-order valence-electron chi connectivity index (χ0n) is 13.3. The average Bonchev–Trinajstić information content (AvgIpc) is 2.63. The highest BCUT2D eigenvalue weighted by Gasteiger charge is 2.11. The molecule has 0 aliphatic heterocycles. The highest BCUT2D eigenvalue weighted by atomic mass is 16.5. The van der Waals surface area contributed by atoms with Gasteiger partial charge in [0, 0.05) is 17.4 Å². The molecular weight excluding hydrogens is 300 g/mol. The number of amides is 1. The van der Waals surface area contributed by atoms with E-state index in [1.807, 2.05) is 66.7 Å². The molecule has 0 aliphatic rings. The van der Waals surface area contributed by atoms with Gasteiger partial charge in [-0.2, -0.15) is 0 Å². The van der Waals surface area contributed by atoms with Crippen LogP contribution in [0.15, 0.2) is 78.9 Å². The number of hydrogen-bond donors (Lipinski definition) is 2. The van der Waals surface area contributed by atoms with Gasteiger partial charge in [0.2, 0.25) is 0 Å². The standard InChI is InChI=1S/C20H18N2O2/c1-24-17-11-7-10-16(14-17)22-20(23)18-12-5-6-13-19(18)21-15-8-3-2-4-9-15/h2-14,21H,1H3,(H,22,23). The first kappa shape index (κ1) is 15.6. The molecule has 0 saturated heterocycles. The molecule has 0 radical (unpaired) electrons. The number of methoxy groups -OCH3 is 1. The first-order valence-corrected chi connectivity index (χ1v) is 7.63. The molecule has 0 fully saturated rings. The summed E-state index contributed by atoms with van der Waals surface area (Å²) in [6.07, 6.45) is 0.